The van der Waals surface area contributed by atoms with Crippen LogP contribution in [-0.2, 0) is 9.59 Å². The summed E-state index contributed by atoms with van der Waals surface area (Å²) in [5, 5.41) is 16.8. The Morgan fingerprint density at radius 2 is 1.75 bits per heavy atom. The molecule has 0 saturated carbocycles. The number of aliphatic carboxylic acids is 2. The second kappa shape index (κ2) is 3.85. The quantitative estimate of drug-likeness (QED) is 0.630. The van der Waals surface area contributed by atoms with Crippen LogP contribution in [0.25, 0.3) is 0 Å². The minimum atomic E-state index is -1.54. The first-order valence-electron chi connectivity index (χ1n) is 3.20. The maximum absolute atomic E-state index is 12.5. The van der Waals surface area contributed by atoms with Crippen molar-refractivity contribution in [1.82, 2.24) is 0 Å². The van der Waals surface area contributed by atoms with Gasteiger partial charge in [-0.05, 0) is 13.8 Å². The number of carboxylic acid groups (broad SMARTS) is 2. The normalized spacial score (nSPS) is 14.9. The summed E-state index contributed by atoms with van der Waals surface area (Å²) in [5.41, 5.74) is -0.706. The smallest absolute Gasteiger partial charge is 0.335 e. The van der Waals surface area contributed by atoms with Gasteiger partial charge in [0.2, 0.25) is 0 Å². The van der Waals surface area contributed by atoms with Crippen molar-refractivity contribution in [2.24, 2.45) is 5.92 Å². The van der Waals surface area contributed by atoms with Gasteiger partial charge in [-0.1, -0.05) is 0 Å². The molecule has 0 aliphatic carbocycles. The molecule has 0 aromatic carbocycles. The van der Waals surface area contributed by atoms with Crippen LogP contribution in [0.1, 0.15) is 13.8 Å². The summed E-state index contributed by atoms with van der Waals surface area (Å²) < 4.78 is 12.5. The highest BCUT2D eigenvalue weighted by atomic mass is 19.1. The average molecular weight is 176 g/mol. The summed E-state index contributed by atoms with van der Waals surface area (Å²) in [5.74, 6) is -5.20. The first kappa shape index (κ1) is 10.6. The van der Waals surface area contributed by atoms with Crippen LogP contribution < -0.4 is 0 Å². The molecule has 5 heteroatoms. The largest absolute Gasteiger partial charge is 0.481 e. The molecule has 0 spiro atoms. The van der Waals surface area contributed by atoms with E-state index in [-0.39, 0.29) is 0 Å². The van der Waals surface area contributed by atoms with Crippen LogP contribution in [0.2, 0.25) is 0 Å². The Kier molecular flexibility index (Phi) is 3.40. The van der Waals surface area contributed by atoms with E-state index in [0.29, 0.717) is 0 Å². The van der Waals surface area contributed by atoms with Crippen molar-refractivity contribution < 1.29 is 24.2 Å². The van der Waals surface area contributed by atoms with Gasteiger partial charge in [-0.3, -0.25) is 4.79 Å². The molecule has 0 saturated heterocycles. The number of allylic oxidation sites excluding steroid dienone is 1. The molecule has 0 amide bonds. The number of halogens is 1. The summed E-state index contributed by atoms with van der Waals surface area (Å²) in [6.07, 6.45) is 0. The summed E-state index contributed by atoms with van der Waals surface area (Å²) >= 11 is 0. The summed E-state index contributed by atoms with van der Waals surface area (Å²) in [7, 11) is 0. The molecule has 0 fully saturated rings. The summed E-state index contributed by atoms with van der Waals surface area (Å²) in [4.78, 5) is 20.6. The molecule has 0 aliphatic heterocycles. The van der Waals surface area contributed by atoms with Gasteiger partial charge in [0, 0.05) is 0 Å². The van der Waals surface area contributed by atoms with E-state index in [4.69, 9.17) is 10.2 Å². The van der Waals surface area contributed by atoms with Crippen LogP contribution in [0.15, 0.2) is 11.4 Å². The van der Waals surface area contributed by atoms with Crippen molar-refractivity contribution in [1.29, 1.82) is 0 Å². The minimum Gasteiger partial charge on any atom is -0.481 e. The molecule has 0 aromatic heterocycles. The molecule has 12 heavy (non-hydrogen) atoms. The van der Waals surface area contributed by atoms with Gasteiger partial charge in [-0.2, -0.15) is 0 Å². The van der Waals surface area contributed by atoms with E-state index in [9.17, 15) is 14.0 Å². The SMILES string of the molecule is CC(F)=C(C(=O)O)C(C)C(=O)O. The van der Waals surface area contributed by atoms with Crippen molar-refractivity contribution in [3.8, 4) is 0 Å². The number of carbonyl (C=O) groups is 2. The van der Waals surface area contributed by atoms with Gasteiger partial charge in [0.15, 0.2) is 0 Å². The van der Waals surface area contributed by atoms with Crippen molar-refractivity contribution in [3.05, 3.63) is 11.4 Å². The second-order valence-electron chi connectivity index (χ2n) is 2.31. The molecular weight excluding hydrogens is 167 g/mol. The van der Waals surface area contributed by atoms with E-state index in [1.807, 2.05) is 0 Å². The van der Waals surface area contributed by atoms with Gasteiger partial charge in [0.1, 0.15) is 5.83 Å². The Hall–Kier alpha value is -1.39. The average Bonchev–Trinajstić information content (AvgIpc) is 1.85. The van der Waals surface area contributed by atoms with Crippen LogP contribution >= 0.6 is 0 Å². The molecule has 0 aliphatic rings. The minimum absolute atomic E-state index is 0.706. The first-order chi connectivity index (χ1) is 5.37. The maximum atomic E-state index is 12.5. The monoisotopic (exact) mass is 176 g/mol. The van der Waals surface area contributed by atoms with Crippen molar-refractivity contribution >= 4 is 11.9 Å². The van der Waals surface area contributed by atoms with E-state index < -0.39 is 29.3 Å². The molecule has 0 heterocycles. The Balaban J connectivity index is 4.91. The number of rotatable bonds is 3. The third kappa shape index (κ3) is 2.34. The molecule has 0 rings (SSSR count). The molecule has 0 radical (unpaired) electrons. The lowest BCUT2D eigenvalue weighted by Gasteiger charge is -2.06. The fraction of sp³-hybridized carbons (Fsp3) is 0.429. The first-order valence-corrected chi connectivity index (χ1v) is 3.20. The van der Waals surface area contributed by atoms with Crippen LogP contribution in [0.4, 0.5) is 4.39 Å². The number of hydrogen-bond acceptors (Lipinski definition) is 2. The Labute approximate surface area is 68.3 Å². The number of carboxylic acids is 2. The van der Waals surface area contributed by atoms with Gasteiger partial charge < -0.3 is 10.2 Å². The topological polar surface area (TPSA) is 74.6 Å². The Morgan fingerprint density at radius 1 is 1.33 bits per heavy atom. The van der Waals surface area contributed by atoms with Gasteiger partial charge in [0.05, 0.1) is 11.5 Å². The Morgan fingerprint density at radius 3 is 1.83 bits per heavy atom. The van der Waals surface area contributed by atoms with Crippen molar-refractivity contribution in [3.63, 3.8) is 0 Å². The molecule has 1 unspecified atom stereocenters. The van der Waals surface area contributed by atoms with E-state index in [1.165, 1.54) is 0 Å². The predicted molar refractivity (Wildman–Crippen MR) is 38.2 cm³/mol. The zero-order chi connectivity index (χ0) is 9.89. The van der Waals surface area contributed by atoms with E-state index in [1.54, 1.807) is 0 Å². The molecule has 0 aromatic rings. The molecule has 2 N–H and O–H groups in total. The van der Waals surface area contributed by atoms with Crippen molar-refractivity contribution in [2.75, 3.05) is 0 Å². The van der Waals surface area contributed by atoms with Crippen LogP contribution in [-0.4, -0.2) is 22.2 Å². The van der Waals surface area contributed by atoms with E-state index >= 15 is 0 Å². The highest BCUT2D eigenvalue weighted by Gasteiger charge is 2.25. The fourth-order valence-electron chi connectivity index (χ4n) is 0.754. The van der Waals surface area contributed by atoms with Gasteiger partial charge >= 0.3 is 11.9 Å². The van der Waals surface area contributed by atoms with E-state index in [0.717, 1.165) is 13.8 Å². The highest BCUT2D eigenvalue weighted by Crippen LogP contribution is 2.16. The fourth-order valence-corrected chi connectivity index (χ4v) is 0.754. The molecule has 0 bridgehead atoms. The lowest BCUT2D eigenvalue weighted by Crippen LogP contribution is -2.19. The zero-order valence-electron chi connectivity index (χ0n) is 6.67. The number of hydrogen-bond donors (Lipinski definition) is 2. The predicted octanol–water partition coefficient (Wildman–Crippen LogP) is 1.04. The summed E-state index contributed by atoms with van der Waals surface area (Å²) in [6, 6.07) is 0. The zero-order valence-corrected chi connectivity index (χ0v) is 6.67. The van der Waals surface area contributed by atoms with Crippen LogP contribution in [0.5, 0.6) is 0 Å². The van der Waals surface area contributed by atoms with Crippen LogP contribution in [0.3, 0.4) is 0 Å². The lowest BCUT2D eigenvalue weighted by molar-refractivity contribution is -0.143. The third-order valence-corrected chi connectivity index (χ3v) is 1.40. The Bertz CT molecular complexity index is 240. The van der Waals surface area contributed by atoms with Gasteiger partial charge in [0.25, 0.3) is 0 Å². The van der Waals surface area contributed by atoms with Gasteiger partial charge in [-0.25, -0.2) is 9.18 Å². The summed E-state index contributed by atoms with van der Waals surface area (Å²) in [6.45, 7) is 2.04. The molecular formula is C7H9FO4. The molecule has 1 atom stereocenters. The van der Waals surface area contributed by atoms with Gasteiger partial charge in [-0.15, -0.1) is 0 Å². The second-order valence-corrected chi connectivity index (χ2v) is 2.31. The molecule has 4 nitrogen and oxygen atoms in total. The lowest BCUT2D eigenvalue weighted by atomic mass is 10.0. The highest BCUT2D eigenvalue weighted by molar-refractivity contribution is 5.93. The third-order valence-electron chi connectivity index (χ3n) is 1.40. The standard InChI is InChI=1S/C7H9FO4/c1-3(6(9)10)5(4(2)8)7(11)12/h3H,1-2H3,(H,9,10)(H,11,12). The molecule has 68 valence electrons. The van der Waals surface area contributed by atoms with E-state index in [2.05, 4.69) is 0 Å². The van der Waals surface area contributed by atoms with Crippen LogP contribution in [0, 0.1) is 5.92 Å². The maximum Gasteiger partial charge on any atom is 0.335 e. The van der Waals surface area contributed by atoms with Crippen molar-refractivity contribution in [2.45, 2.75) is 13.8 Å².